The summed E-state index contributed by atoms with van der Waals surface area (Å²) in [6, 6.07) is 13.7. The van der Waals surface area contributed by atoms with E-state index in [4.69, 9.17) is 0 Å². The first-order valence-corrected chi connectivity index (χ1v) is 10.9. The van der Waals surface area contributed by atoms with Crippen molar-refractivity contribution < 1.29 is 4.79 Å². The van der Waals surface area contributed by atoms with Crippen molar-refractivity contribution in [3.63, 3.8) is 0 Å². The maximum atomic E-state index is 12.5. The number of guanidine groups is 1. The first-order valence-electron chi connectivity index (χ1n) is 10.9. The second-order valence-corrected chi connectivity index (χ2v) is 7.85. The summed E-state index contributed by atoms with van der Waals surface area (Å²) in [7, 11) is 1.73. The van der Waals surface area contributed by atoms with Crippen LogP contribution in [0.2, 0.25) is 0 Å². The molecule has 1 aliphatic carbocycles. The normalized spacial score (nSPS) is 14.6. The Morgan fingerprint density at radius 3 is 2.69 bits per heavy atom. The van der Waals surface area contributed by atoms with Crippen molar-refractivity contribution in [1.29, 1.82) is 0 Å². The molecule has 0 unspecified atom stereocenters. The van der Waals surface area contributed by atoms with Crippen LogP contribution < -0.4 is 16.0 Å². The Hall–Kier alpha value is -2.69. The van der Waals surface area contributed by atoms with Crippen LogP contribution >= 0.6 is 24.0 Å². The second-order valence-electron chi connectivity index (χ2n) is 7.85. The molecular formula is C23H30IN7O. The van der Waals surface area contributed by atoms with Crippen molar-refractivity contribution >= 4 is 47.2 Å². The number of anilines is 1. The number of nitrogens with zero attached hydrogens (tertiary/aromatic N) is 4. The van der Waals surface area contributed by atoms with Crippen LogP contribution in [-0.2, 0) is 17.9 Å². The smallest absolute Gasteiger partial charge is 0.227 e. The van der Waals surface area contributed by atoms with Crippen molar-refractivity contribution in [2.24, 2.45) is 10.9 Å². The topological polar surface area (TPSA) is 95.7 Å². The van der Waals surface area contributed by atoms with E-state index in [0.29, 0.717) is 19.0 Å². The molecule has 0 atom stereocenters. The lowest BCUT2D eigenvalue weighted by atomic mass is 9.88. The molecule has 0 bridgehead atoms. The number of carbonyl (C=O) groups is 1. The first kappa shape index (κ1) is 24.0. The number of aliphatic imine (C=N–C) groups is 1. The Balaban J connectivity index is 0.00000289. The number of rotatable bonds is 6. The van der Waals surface area contributed by atoms with Gasteiger partial charge < -0.3 is 16.0 Å². The third kappa shape index (κ3) is 6.18. The van der Waals surface area contributed by atoms with Crippen LogP contribution in [0.15, 0.2) is 53.7 Å². The quantitative estimate of drug-likeness (QED) is 0.249. The van der Waals surface area contributed by atoms with Crippen molar-refractivity contribution in [3.8, 4) is 0 Å². The number of halogens is 1. The summed E-state index contributed by atoms with van der Waals surface area (Å²) in [5.74, 6) is 1.77. The van der Waals surface area contributed by atoms with Crippen LogP contribution in [-0.4, -0.2) is 33.5 Å². The fourth-order valence-corrected chi connectivity index (χ4v) is 3.95. The molecule has 3 aromatic rings. The molecule has 0 spiro atoms. The predicted octanol–water partition coefficient (Wildman–Crippen LogP) is 3.73. The van der Waals surface area contributed by atoms with Gasteiger partial charge >= 0.3 is 0 Å². The Labute approximate surface area is 205 Å². The van der Waals surface area contributed by atoms with Crippen LogP contribution in [0.3, 0.4) is 0 Å². The van der Waals surface area contributed by atoms with Gasteiger partial charge in [-0.1, -0.05) is 37.5 Å². The zero-order chi connectivity index (χ0) is 21.5. The Bertz CT molecular complexity index is 1060. The summed E-state index contributed by atoms with van der Waals surface area (Å²) in [4.78, 5) is 16.8. The molecule has 8 nitrogen and oxygen atoms in total. The van der Waals surface area contributed by atoms with E-state index >= 15 is 0 Å². The molecule has 9 heteroatoms. The monoisotopic (exact) mass is 547 g/mol. The maximum Gasteiger partial charge on any atom is 0.227 e. The molecule has 3 N–H and O–H groups in total. The Morgan fingerprint density at radius 2 is 1.88 bits per heavy atom. The molecule has 1 amide bonds. The average Bonchev–Trinajstić information content (AvgIpc) is 3.23. The van der Waals surface area contributed by atoms with Crippen LogP contribution in [0.25, 0.3) is 5.65 Å². The molecule has 1 saturated carbocycles. The lowest BCUT2D eigenvalue weighted by Crippen LogP contribution is -2.36. The number of hydrogen-bond acceptors (Lipinski definition) is 4. The van der Waals surface area contributed by atoms with E-state index in [1.165, 1.54) is 6.42 Å². The van der Waals surface area contributed by atoms with Gasteiger partial charge in [-0.25, -0.2) is 0 Å². The summed E-state index contributed by atoms with van der Waals surface area (Å²) in [5.41, 5.74) is 2.72. The second kappa shape index (κ2) is 11.8. The minimum Gasteiger partial charge on any atom is -0.352 e. The molecule has 2 heterocycles. The van der Waals surface area contributed by atoms with E-state index < -0.39 is 0 Å². The molecule has 4 rings (SSSR count). The highest BCUT2D eigenvalue weighted by Gasteiger charge is 2.21. The standard InChI is InChI=1S/C23H29N7O.HI/c1-24-23(26-16-21-29-28-20-12-5-6-13-30(20)21)25-15-17-8-7-11-19(14-17)27-22(31)18-9-3-2-4-10-18;/h5-8,11-14,18H,2-4,9-10,15-16H2,1H3,(H,27,31)(H2,24,25,26);1H. The van der Waals surface area contributed by atoms with Gasteiger partial charge in [-0.3, -0.25) is 14.2 Å². The lowest BCUT2D eigenvalue weighted by Gasteiger charge is -2.21. The van der Waals surface area contributed by atoms with E-state index in [1.807, 2.05) is 53.1 Å². The summed E-state index contributed by atoms with van der Waals surface area (Å²) >= 11 is 0. The molecule has 170 valence electrons. The zero-order valence-corrected chi connectivity index (χ0v) is 20.6. The van der Waals surface area contributed by atoms with Gasteiger partial charge in [0.05, 0.1) is 6.54 Å². The number of aromatic nitrogens is 3. The van der Waals surface area contributed by atoms with E-state index in [2.05, 4.69) is 31.1 Å². The third-order valence-electron chi connectivity index (χ3n) is 5.65. The molecule has 0 saturated heterocycles. The summed E-state index contributed by atoms with van der Waals surface area (Å²) < 4.78 is 1.94. The molecule has 2 aromatic heterocycles. The molecule has 0 aliphatic heterocycles. The largest absolute Gasteiger partial charge is 0.352 e. The van der Waals surface area contributed by atoms with Gasteiger partial charge in [0.15, 0.2) is 17.4 Å². The number of pyridine rings is 1. The first-order chi connectivity index (χ1) is 15.2. The van der Waals surface area contributed by atoms with Gasteiger partial charge in [0.1, 0.15) is 0 Å². The number of amides is 1. The highest BCUT2D eigenvalue weighted by atomic mass is 127. The van der Waals surface area contributed by atoms with Crippen LogP contribution in [0, 0.1) is 5.92 Å². The van der Waals surface area contributed by atoms with Gasteiger partial charge in [0.25, 0.3) is 0 Å². The molecule has 1 aromatic carbocycles. The molecule has 0 radical (unpaired) electrons. The zero-order valence-electron chi connectivity index (χ0n) is 18.3. The van der Waals surface area contributed by atoms with Gasteiger partial charge in [-0.05, 0) is 42.7 Å². The predicted molar refractivity (Wildman–Crippen MR) is 137 cm³/mol. The van der Waals surface area contributed by atoms with Gasteiger partial charge in [0.2, 0.25) is 5.91 Å². The number of nitrogens with one attached hydrogen (secondary N) is 3. The van der Waals surface area contributed by atoms with Gasteiger partial charge in [0, 0.05) is 31.4 Å². The van der Waals surface area contributed by atoms with E-state index in [1.54, 1.807) is 7.05 Å². The minimum atomic E-state index is 0. The Kier molecular flexibility index (Phi) is 8.83. The summed E-state index contributed by atoms with van der Waals surface area (Å²) in [6.45, 7) is 1.09. The van der Waals surface area contributed by atoms with E-state index in [9.17, 15) is 4.79 Å². The highest BCUT2D eigenvalue weighted by molar-refractivity contribution is 14.0. The fourth-order valence-electron chi connectivity index (χ4n) is 3.95. The van der Waals surface area contributed by atoms with Crippen molar-refractivity contribution in [1.82, 2.24) is 25.2 Å². The molecular weight excluding hydrogens is 517 g/mol. The Morgan fingerprint density at radius 1 is 1.06 bits per heavy atom. The minimum absolute atomic E-state index is 0. The average molecular weight is 547 g/mol. The SMILES string of the molecule is CN=C(NCc1cccc(NC(=O)C2CCCCC2)c1)NCc1nnc2ccccn12.I. The summed E-state index contributed by atoms with van der Waals surface area (Å²) in [5, 5.41) is 18.0. The number of fused-ring (bicyclic) bond motifs is 1. The number of carbonyl (C=O) groups excluding carboxylic acids is 1. The number of benzene rings is 1. The van der Waals surface area contributed by atoms with Crippen molar-refractivity contribution in [2.45, 2.75) is 45.2 Å². The maximum absolute atomic E-state index is 12.5. The van der Waals surface area contributed by atoms with Crippen molar-refractivity contribution in [3.05, 3.63) is 60.0 Å². The van der Waals surface area contributed by atoms with Crippen LogP contribution in [0.1, 0.15) is 43.5 Å². The summed E-state index contributed by atoms with van der Waals surface area (Å²) in [6.07, 6.45) is 7.48. The molecule has 1 fully saturated rings. The highest BCUT2D eigenvalue weighted by Crippen LogP contribution is 2.25. The fraction of sp³-hybridized carbons (Fsp3) is 0.391. The third-order valence-corrected chi connectivity index (χ3v) is 5.65. The van der Waals surface area contributed by atoms with Crippen LogP contribution in [0.4, 0.5) is 5.69 Å². The van der Waals surface area contributed by atoms with Crippen molar-refractivity contribution in [2.75, 3.05) is 12.4 Å². The van der Waals surface area contributed by atoms with Crippen LogP contribution in [0.5, 0.6) is 0 Å². The molecule has 1 aliphatic rings. The van der Waals surface area contributed by atoms with E-state index in [-0.39, 0.29) is 35.8 Å². The van der Waals surface area contributed by atoms with Gasteiger partial charge in [-0.15, -0.1) is 34.2 Å². The van der Waals surface area contributed by atoms with Gasteiger partial charge in [-0.2, -0.15) is 0 Å². The number of hydrogen-bond donors (Lipinski definition) is 3. The lowest BCUT2D eigenvalue weighted by molar-refractivity contribution is -0.120. The molecule has 32 heavy (non-hydrogen) atoms. The van der Waals surface area contributed by atoms with E-state index in [0.717, 1.165) is 48.4 Å².